The number of benzene rings is 2. The van der Waals surface area contributed by atoms with E-state index in [1.807, 2.05) is 0 Å². The maximum atomic E-state index is 14.0. The molecule has 2 aliphatic heterocycles. The van der Waals surface area contributed by atoms with Crippen LogP contribution < -0.4 is 4.72 Å². The van der Waals surface area contributed by atoms with Crippen molar-refractivity contribution in [2.24, 2.45) is 4.99 Å². The van der Waals surface area contributed by atoms with Gasteiger partial charge in [-0.1, -0.05) is 23.7 Å². The van der Waals surface area contributed by atoms with Gasteiger partial charge in [-0.25, -0.2) is 32.0 Å². The Morgan fingerprint density at radius 2 is 2.00 bits per heavy atom. The number of halogens is 4. The summed E-state index contributed by atoms with van der Waals surface area (Å²) in [5, 5.41) is 15.7. The van der Waals surface area contributed by atoms with Crippen molar-refractivity contribution in [1.82, 2.24) is 24.4 Å². The van der Waals surface area contributed by atoms with Crippen molar-refractivity contribution < 1.29 is 31.5 Å². The lowest BCUT2D eigenvalue weighted by Crippen LogP contribution is -2.39. The maximum Gasteiger partial charge on any atom is 0.335 e. The largest absolute Gasteiger partial charge is 0.478 e. The second kappa shape index (κ2) is 11.2. The smallest absolute Gasteiger partial charge is 0.335 e. The average molecular weight is 649 g/mol. The fraction of sp³-hybridized carbons (Fsp3) is 0.185. The summed E-state index contributed by atoms with van der Waals surface area (Å²) in [5.74, 6) is -1.46. The fourth-order valence-corrected chi connectivity index (χ4v) is 7.30. The number of rotatable bonds is 8. The first kappa shape index (κ1) is 29.0. The number of thiazole rings is 1. The van der Waals surface area contributed by atoms with E-state index in [0.717, 1.165) is 18.3 Å². The molecule has 2 aliphatic rings. The molecule has 2 atom stereocenters. The molecule has 0 spiro atoms. The second-order valence-corrected chi connectivity index (χ2v) is 12.7. The summed E-state index contributed by atoms with van der Waals surface area (Å²) >= 11 is 7.76. The minimum atomic E-state index is -4.18. The van der Waals surface area contributed by atoms with Crippen LogP contribution in [-0.4, -0.2) is 57.6 Å². The van der Waals surface area contributed by atoms with E-state index in [1.165, 1.54) is 47.7 Å². The van der Waals surface area contributed by atoms with Gasteiger partial charge >= 0.3 is 12.5 Å². The van der Waals surface area contributed by atoms with Crippen molar-refractivity contribution >= 4 is 50.3 Å². The normalized spacial score (nSPS) is 18.7. The molecular weight excluding hydrogens is 629 g/mol. The summed E-state index contributed by atoms with van der Waals surface area (Å²) in [7, 11) is -4.18. The molecule has 0 saturated carbocycles. The number of hydrogen-bond acceptors (Lipinski definition) is 8. The third-order valence-corrected chi connectivity index (χ3v) is 9.55. The molecule has 2 N–H and O–H groups in total. The number of carboxylic acids is 1. The molecule has 1 fully saturated rings. The molecule has 43 heavy (non-hydrogen) atoms. The van der Waals surface area contributed by atoms with Crippen molar-refractivity contribution in [1.29, 1.82) is 0 Å². The first-order valence-electron chi connectivity index (χ1n) is 12.6. The highest BCUT2D eigenvalue weighted by atomic mass is 35.5. The van der Waals surface area contributed by atoms with Crippen LogP contribution in [0.2, 0.25) is 5.02 Å². The molecule has 4 aromatic rings. The first-order valence-corrected chi connectivity index (χ1v) is 15.4. The number of alkyl halides is 2. The Labute approximate surface area is 251 Å². The Morgan fingerprint density at radius 1 is 1.19 bits per heavy atom. The van der Waals surface area contributed by atoms with Crippen LogP contribution in [0.25, 0.3) is 5.57 Å². The second-order valence-electron chi connectivity index (χ2n) is 9.64. The van der Waals surface area contributed by atoms with Gasteiger partial charge in [0.1, 0.15) is 11.9 Å². The van der Waals surface area contributed by atoms with E-state index in [4.69, 9.17) is 16.6 Å². The zero-order valence-electron chi connectivity index (χ0n) is 21.7. The number of carboxylic acid groups (broad SMARTS) is 1. The molecule has 4 heterocycles. The molecule has 6 rings (SSSR count). The molecule has 0 amide bonds. The quantitative estimate of drug-likeness (QED) is 0.269. The number of nitrogens with zero attached hydrogens (tertiary/aromatic N) is 5. The topological polar surface area (TPSA) is 130 Å². The fourth-order valence-electron chi connectivity index (χ4n) is 5.12. The molecule has 0 bridgehead atoms. The number of nitrogens with one attached hydrogen (secondary N) is 1. The highest BCUT2D eigenvalue weighted by molar-refractivity contribution is 7.89. The van der Waals surface area contributed by atoms with E-state index in [1.54, 1.807) is 16.5 Å². The number of aromatic carboxylic acids is 1. The molecular formula is C27H20ClF3N6O4S2. The van der Waals surface area contributed by atoms with Crippen LogP contribution in [0, 0.1) is 5.82 Å². The highest BCUT2D eigenvalue weighted by Crippen LogP contribution is 2.46. The van der Waals surface area contributed by atoms with Crippen LogP contribution >= 0.6 is 22.9 Å². The molecule has 2 aromatic carbocycles. The van der Waals surface area contributed by atoms with E-state index in [-0.39, 0.29) is 34.1 Å². The van der Waals surface area contributed by atoms with Crippen molar-refractivity contribution in [2.45, 2.75) is 29.9 Å². The number of aliphatic imine (C=N–C) groups is 1. The number of amidine groups is 1. The maximum absolute atomic E-state index is 14.0. The summed E-state index contributed by atoms with van der Waals surface area (Å²) in [5.41, 5.74) is 1.29. The van der Waals surface area contributed by atoms with E-state index in [2.05, 4.69) is 14.8 Å². The minimum absolute atomic E-state index is 0.0562. The Bertz CT molecular complexity index is 1900. The van der Waals surface area contributed by atoms with Gasteiger partial charge in [-0.05, 0) is 36.4 Å². The van der Waals surface area contributed by atoms with E-state index >= 15 is 0 Å². The van der Waals surface area contributed by atoms with Crippen LogP contribution in [0.5, 0.6) is 0 Å². The Kier molecular flexibility index (Phi) is 7.58. The molecule has 222 valence electrons. The standard InChI is InChI=1S/C27H20ClF3N6O4S2/c28-19-11-15(29)4-5-18(19)23-22(20-6-8-37(34-20)27(30)31)21-12-16(13-36(21)24(33-23)25-32-7-9-42-25)35-43(40,41)17-3-1-2-14(10-17)26(38)39/h1-11,16,23,27,35H,12-13H2,(H,38,39)/t16-,23-/m0/s1. The average Bonchev–Trinajstić information content (AvgIpc) is 3.73. The number of hydrogen-bond donors (Lipinski definition) is 2. The van der Waals surface area contributed by atoms with Crippen molar-refractivity contribution in [3.8, 4) is 0 Å². The molecule has 0 unspecified atom stereocenters. The van der Waals surface area contributed by atoms with Gasteiger partial charge in [0, 0.05) is 58.6 Å². The Balaban J connectivity index is 1.47. The Hall–Kier alpha value is -4.05. The van der Waals surface area contributed by atoms with Crippen LogP contribution in [-0.2, 0) is 10.0 Å². The predicted molar refractivity (Wildman–Crippen MR) is 152 cm³/mol. The number of fused-ring (bicyclic) bond motifs is 1. The third-order valence-electron chi connectivity index (χ3n) is 6.94. The van der Waals surface area contributed by atoms with Crippen LogP contribution in [0.15, 0.2) is 81.9 Å². The summed E-state index contributed by atoms with van der Waals surface area (Å²) < 4.78 is 70.9. The van der Waals surface area contributed by atoms with Crippen LogP contribution in [0.4, 0.5) is 13.2 Å². The lowest BCUT2D eigenvalue weighted by atomic mass is 9.92. The monoisotopic (exact) mass is 648 g/mol. The van der Waals surface area contributed by atoms with E-state index in [9.17, 15) is 31.5 Å². The molecule has 1 saturated heterocycles. The molecule has 16 heteroatoms. The van der Waals surface area contributed by atoms with Gasteiger partial charge in [0.25, 0.3) is 0 Å². The van der Waals surface area contributed by atoms with Crippen LogP contribution in [0.1, 0.15) is 45.6 Å². The van der Waals surface area contributed by atoms with Gasteiger partial charge in [0.15, 0.2) is 10.8 Å². The number of carbonyl (C=O) groups is 1. The lowest BCUT2D eigenvalue weighted by molar-refractivity contribution is 0.0564. The summed E-state index contributed by atoms with van der Waals surface area (Å²) in [6, 6.07) is 8.49. The minimum Gasteiger partial charge on any atom is -0.478 e. The number of sulfonamides is 1. The van der Waals surface area contributed by atoms with Crippen LogP contribution in [0.3, 0.4) is 0 Å². The summed E-state index contributed by atoms with van der Waals surface area (Å²) in [6.07, 6.45) is 2.79. The third kappa shape index (κ3) is 5.56. The molecule has 0 radical (unpaired) electrons. The summed E-state index contributed by atoms with van der Waals surface area (Å²) in [4.78, 5) is 22.2. The molecule has 0 aliphatic carbocycles. The zero-order chi connectivity index (χ0) is 30.5. The zero-order valence-corrected chi connectivity index (χ0v) is 24.1. The van der Waals surface area contributed by atoms with Crippen molar-refractivity contribution in [3.63, 3.8) is 0 Å². The predicted octanol–water partition coefficient (Wildman–Crippen LogP) is 5.19. The molecule has 10 nitrogen and oxygen atoms in total. The van der Waals surface area contributed by atoms with Gasteiger partial charge in [0.2, 0.25) is 10.0 Å². The first-order chi connectivity index (χ1) is 20.5. The SMILES string of the molecule is O=C(O)c1cccc(S(=O)(=O)N[C@H]2CC3=C(c4ccn(C(F)F)n4)[C@H](c4ccc(F)cc4Cl)N=C(c4nccs4)N3C2)c1. The lowest BCUT2D eigenvalue weighted by Gasteiger charge is -2.32. The van der Waals surface area contributed by atoms with Gasteiger partial charge < -0.3 is 10.0 Å². The van der Waals surface area contributed by atoms with Crippen molar-refractivity contribution in [3.05, 3.63) is 105 Å². The van der Waals surface area contributed by atoms with Gasteiger partial charge in [-0.2, -0.15) is 13.9 Å². The summed E-state index contributed by atoms with van der Waals surface area (Å²) in [6.45, 7) is -2.82. The van der Waals surface area contributed by atoms with Gasteiger partial charge in [-0.15, -0.1) is 11.3 Å². The number of aromatic nitrogens is 3. The highest BCUT2D eigenvalue weighted by Gasteiger charge is 2.42. The van der Waals surface area contributed by atoms with E-state index in [0.29, 0.717) is 32.4 Å². The van der Waals surface area contributed by atoms with Crippen molar-refractivity contribution in [2.75, 3.05) is 6.54 Å². The molecule has 2 aromatic heterocycles. The van der Waals surface area contributed by atoms with Gasteiger partial charge in [-0.3, -0.25) is 4.99 Å². The van der Waals surface area contributed by atoms with Gasteiger partial charge in [0.05, 0.1) is 16.2 Å². The van der Waals surface area contributed by atoms with E-state index < -0.39 is 40.4 Å². The Morgan fingerprint density at radius 3 is 2.67 bits per heavy atom.